The molecule has 210 valence electrons. The lowest BCUT2D eigenvalue weighted by Crippen LogP contribution is -2.36. The molecule has 0 spiro atoms. The summed E-state index contributed by atoms with van der Waals surface area (Å²) in [6, 6.07) is 11.8. The number of hydrogen-bond acceptors (Lipinski definition) is 6. The molecule has 0 amide bonds. The zero-order valence-electron chi connectivity index (χ0n) is 22.2. The van der Waals surface area contributed by atoms with Gasteiger partial charge in [0.25, 0.3) is 0 Å². The maximum atomic E-state index is 13.5. The van der Waals surface area contributed by atoms with E-state index < -0.39 is 22.6 Å². The summed E-state index contributed by atoms with van der Waals surface area (Å²) < 4.78 is 71.4. The van der Waals surface area contributed by atoms with Gasteiger partial charge in [-0.15, -0.1) is 0 Å². The van der Waals surface area contributed by atoms with Gasteiger partial charge in [0.15, 0.2) is 9.84 Å². The minimum Gasteiger partial charge on any atom is -0.495 e. The quantitative estimate of drug-likeness (QED) is 0.378. The summed E-state index contributed by atoms with van der Waals surface area (Å²) in [5, 5.41) is 7.29. The number of nitrogens with zero attached hydrogens (tertiary/aromatic N) is 2. The Morgan fingerprint density at radius 1 is 1.10 bits per heavy atom. The first-order valence-electron chi connectivity index (χ1n) is 12.8. The Balaban J connectivity index is 1.58. The number of fused-ring (bicyclic) bond motifs is 1. The minimum absolute atomic E-state index is 0.0322. The van der Waals surface area contributed by atoms with Gasteiger partial charge < -0.3 is 24.8 Å². The van der Waals surface area contributed by atoms with Crippen LogP contribution in [0.3, 0.4) is 0 Å². The standard InChI is InChI=1S/C28H33F3N4O3S/c1-4-39(36,37)22-10-11-25(27(18-22)38-3)32-14-6-7-21-17-23-24(33-20-12-15-34(2)16-13-20)8-5-9-26(23)35(21)19-28(29,30)31/h5,8-11,17-18,20,32-33H,4,12-16,19H2,1-3H3. The van der Waals surface area contributed by atoms with Gasteiger partial charge in [-0.1, -0.05) is 18.9 Å². The van der Waals surface area contributed by atoms with E-state index >= 15 is 0 Å². The molecule has 1 saturated heterocycles. The van der Waals surface area contributed by atoms with E-state index in [-0.39, 0.29) is 28.9 Å². The Morgan fingerprint density at radius 3 is 2.51 bits per heavy atom. The number of methoxy groups -OCH3 is 1. The van der Waals surface area contributed by atoms with Crippen molar-refractivity contribution in [2.75, 3.05) is 50.2 Å². The number of sulfone groups is 1. The lowest BCUT2D eigenvalue weighted by atomic mass is 10.0. The predicted octanol–water partition coefficient (Wildman–Crippen LogP) is 4.98. The fraction of sp³-hybridized carbons (Fsp3) is 0.429. The lowest BCUT2D eigenvalue weighted by molar-refractivity contribution is -0.140. The molecule has 4 rings (SSSR count). The molecule has 0 radical (unpaired) electrons. The summed E-state index contributed by atoms with van der Waals surface area (Å²) >= 11 is 0. The van der Waals surface area contributed by atoms with Crippen molar-refractivity contribution in [2.24, 2.45) is 0 Å². The van der Waals surface area contributed by atoms with Crippen molar-refractivity contribution in [2.45, 2.75) is 43.4 Å². The van der Waals surface area contributed by atoms with Crippen molar-refractivity contribution < 1.29 is 26.3 Å². The highest BCUT2D eigenvalue weighted by molar-refractivity contribution is 7.91. The monoisotopic (exact) mass is 562 g/mol. The minimum atomic E-state index is -4.41. The second-order valence-corrected chi connectivity index (χ2v) is 11.9. The number of piperidine rings is 1. The third kappa shape index (κ3) is 6.99. The van der Waals surface area contributed by atoms with E-state index in [0.29, 0.717) is 22.3 Å². The number of ether oxygens (including phenoxy) is 1. The molecule has 1 fully saturated rings. The molecule has 39 heavy (non-hydrogen) atoms. The molecule has 2 aromatic carbocycles. The summed E-state index contributed by atoms with van der Waals surface area (Å²) in [5.41, 5.74) is 2.06. The first kappa shape index (κ1) is 28.6. The first-order valence-corrected chi connectivity index (χ1v) is 14.4. The van der Waals surface area contributed by atoms with Crippen LogP contribution in [0.15, 0.2) is 47.4 Å². The van der Waals surface area contributed by atoms with Crippen LogP contribution in [0.2, 0.25) is 0 Å². The molecular formula is C28H33F3N4O3S. The van der Waals surface area contributed by atoms with E-state index in [0.717, 1.165) is 31.6 Å². The second-order valence-electron chi connectivity index (χ2n) is 9.61. The van der Waals surface area contributed by atoms with Crippen LogP contribution in [0, 0.1) is 11.8 Å². The Labute approximate surface area is 227 Å². The molecule has 0 unspecified atom stereocenters. The third-order valence-corrected chi connectivity index (χ3v) is 8.59. The molecule has 7 nitrogen and oxygen atoms in total. The van der Waals surface area contributed by atoms with E-state index in [1.807, 2.05) is 6.07 Å². The highest BCUT2D eigenvalue weighted by atomic mass is 32.2. The van der Waals surface area contributed by atoms with E-state index in [1.165, 1.54) is 23.8 Å². The lowest BCUT2D eigenvalue weighted by Gasteiger charge is -2.30. The molecule has 1 aliphatic heterocycles. The van der Waals surface area contributed by atoms with Crippen molar-refractivity contribution in [1.29, 1.82) is 0 Å². The van der Waals surface area contributed by atoms with Crippen molar-refractivity contribution in [1.82, 2.24) is 9.47 Å². The summed E-state index contributed by atoms with van der Waals surface area (Å²) in [6.07, 6.45) is -2.49. The molecule has 2 heterocycles. The number of hydrogen-bond donors (Lipinski definition) is 2. The normalized spacial score (nSPS) is 15.1. The number of rotatable bonds is 8. The fourth-order valence-electron chi connectivity index (χ4n) is 4.69. The van der Waals surface area contributed by atoms with Crippen LogP contribution in [0.5, 0.6) is 5.75 Å². The van der Waals surface area contributed by atoms with Crippen LogP contribution in [-0.2, 0) is 16.4 Å². The van der Waals surface area contributed by atoms with Crippen molar-refractivity contribution in [3.63, 3.8) is 0 Å². The molecule has 1 aliphatic rings. The van der Waals surface area contributed by atoms with E-state index in [2.05, 4.69) is 34.4 Å². The van der Waals surface area contributed by atoms with Crippen molar-refractivity contribution in [3.05, 3.63) is 48.2 Å². The van der Waals surface area contributed by atoms with Gasteiger partial charge in [-0.25, -0.2) is 8.42 Å². The van der Waals surface area contributed by atoms with Gasteiger partial charge in [0.2, 0.25) is 0 Å². The van der Waals surface area contributed by atoms with Gasteiger partial charge in [-0.05, 0) is 69.2 Å². The Bertz CT molecular complexity index is 1480. The largest absolute Gasteiger partial charge is 0.495 e. The molecule has 0 atom stereocenters. The Kier molecular flexibility index (Phi) is 8.67. The highest BCUT2D eigenvalue weighted by Gasteiger charge is 2.30. The van der Waals surface area contributed by atoms with E-state index in [4.69, 9.17) is 4.74 Å². The highest BCUT2D eigenvalue weighted by Crippen LogP contribution is 2.31. The number of halogens is 3. The Morgan fingerprint density at radius 2 is 1.85 bits per heavy atom. The first-order chi connectivity index (χ1) is 18.5. The van der Waals surface area contributed by atoms with E-state index in [9.17, 15) is 21.6 Å². The maximum absolute atomic E-state index is 13.5. The molecule has 0 bridgehead atoms. The molecule has 0 aliphatic carbocycles. The number of likely N-dealkylation sites (tertiary alicyclic amines) is 1. The van der Waals surface area contributed by atoms with Crippen LogP contribution in [0.1, 0.15) is 25.5 Å². The number of alkyl halides is 3. The molecule has 3 aromatic rings. The number of benzene rings is 2. The van der Waals surface area contributed by atoms with Gasteiger partial charge in [0.05, 0.1) is 41.2 Å². The zero-order chi connectivity index (χ0) is 28.2. The Hall–Kier alpha value is -3.36. The average molecular weight is 563 g/mol. The summed E-state index contributed by atoms with van der Waals surface area (Å²) in [4.78, 5) is 2.41. The van der Waals surface area contributed by atoms with E-state index in [1.54, 1.807) is 31.2 Å². The molecule has 1 aromatic heterocycles. The van der Waals surface area contributed by atoms with Crippen LogP contribution >= 0.6 is 0 Å². The number of aromatic nitrogens is 1. The van der Waals surface area contributed by atoms with Gasteiger partial charge in [-0.2, -0.15) is 13.2 Å². The SMILES string of the molecule is CCS(=O)(=O)c1ccc(NCC#Cc2cc3c(NC4CCN(C)CC4)cccc3n2CC(F)(F)F)c(OC)c1. The van der Waals surface area contributed by atoms with Gasteiger partial charge in [0, 0.05) is 23.2 Å². The van der Waals surface area contributed by atoms with Crippen molar-refractivity contribution >= 4 is 32.1 Å². The fourth-order valence-corrected chi connectivity index (χ4v) is 5.58. The third-order valence-electron chi connectivity index (χ3n) is 6.86. The maximum Gasteiger partial charge on any atom is 0.406 e. The van der Waals surface area contributed by atoms with Gasteiger partial charge >= 0.3 is 6.18 Å². The summed E-state index contributed by atoms with van der Waals surface area (Å²) in [6.45, 7) is 2.47. The predicted molar refractivity (Wildman–Crippen MR) is 148 cm³/mol. The van der Waals surface area contributed by atoms with Crippen LogP contribution in [0.4, 0.5) is 24.5 Å². The van der Waals surface area contributed by atoms with Crippen LogP contribution in [0.25, 0.3) is 10.9 Å². The smallest absolute Gasteiger partial charge is 0.406 e. The van der Waals surface area contributed by atoms with Crippen LogP contribution < -0.4 is 15.4 Å². The number of nitrogens with one attached hydrogen (secondary N) is 2. The molecular weight excluding hydrogens is 529 g/mol. The summed E-state index contributed by atoms with van der Waals surface area (Å²) in [7, 11) is 0.117. The van der Waals surface area contributed by atoms with Gasteiger partial charge in [-0.3, -0.25) is 0 Å². The molecule has 0 saturated carbocycles. The number of anilines is 2. The van der Waals surface area contributed by atoms with Crippen LogP contribution in [-0.4, -0.2) is 69.6 Å². The average Bonchev–Trinajstić information content (AvgIpc) is 3.24. The molecule has 11 heteroatoms. The van der Waals surface area contributed by atoms with Crippen molar-refractivity contribution in [3.8, 4) is 17.6 Å². The zero-order valence-corrected chi connectivity index (χ0v) is 23.0. The summed E-state index contributed by atoms with van der Waals surface area (Å²) in [5.74, 6) is 6.10. The second kappa shape index (κ2) is 11.8. The topological polar surface area (TPSA) is 75.6 Å². The van der Waals surface area contributed by atoms with Gasteiger partial charge in [0.1, 0.15) is 12.3 Å². The molecule has 2 N–H and O–H groups in total.